The molecular weight excluding hydrogens is 300 g/mol. The maximum atomic E-state index is 5.44. The molecule has 1 saturated heterocycles. The minimum atomic E-state index is 0.810. The summed E-state index contributed by atoms with van der Waals surface area (Å²) in [6.07, 6.45) is 3.91. The highest BCUT2D eigenvalue weighted by Gasteiger charge is 2.12. The minimum absolute atomic E-state index is 0.810. The molecule has 1 aliphatic heterocycles. The molecule has 3 rings (SSSR count). The Balaban J connectivity index is 1.70. The van der Waals surface area contributed by atoms with E-state index in [0.717, 1.165) is 34.5 Å². The van der Waals surface area contributed by atoms with Gasteiger partial charge in [-0.25, -0.2) is 4.68 Å². The summed E-state index contributed by atoms with van der Waals surface area (Å²) in [6, 6.07) is 8.29. The summed E-state index contributed by atoms with van der Waals surface area (Å²) in [4.78, 5) is 2.43. The van der Waals surface area contributed by atoms with Crippen molar-refractivity contribution in [2.75, 3.05) is 18.4 Å². The van der Waals surface area contributed by atoms with Crippen molar-refractivity contribution in [3.8, 4) is 0 Å². The zero-order chi connectivity index (χ0) is 14.7. The van der Waals surface area contributed by atoms with Crippen LogP contribution in [0.5, 0.6) is 0 Å². The van der Waals surface area contributed by atoms with Gasteiger partial charge in [0.1, 0.15) is 0 Å². The molecule has 0 radical (unpaired) electrons. The van der Waals surface area contributed by atoms with Gasteiger partial charge in [0.25, 0.3) is 0 Å². The first-order valence-corrected chi connectivity index (χ1v) is 8.57. The lowest BCUT2D eigenvalue weighted by molar-refractivity contribution is 0.173. The van der Waals surface area contributed by atoms with E-state index in [2.05, 4.69) is 34.4 Å². The smallest absolute Gasteiger partial charge is 0.209 e. The van der Waals surface area contributed by atoms with Crippen molar-refractivity contribution in [1.29, 1.82) is 0 Å². The minimum Gasteiger partial charge on any atom is -0.330 e. The molecule has 1 aromatic carbocycles. The molecule has 112 valence electrons. The normalized spacial score (nSPS) is 16.0. The molecule has 1 fully saturated rings. The highest BCUT2D eigenvalue weighted by molar-refractivity contribution is 7.73. The topological polar surface area (TPSA) is 33.1 Å². The molecule has 4 nitrogen and oxygen atoms in total. The van der Waals surface area contributed by atoms with Crippen LogP contribution in [0.25, 0.3) is 0 Å². The first-order chi connectivity index (χ1) is 10.2. The maximum Gasteiger partial charge on any atom is 0.209 e. The Bertz CT molecular complexity index is 656. The first-order valence-electron chi connectivity index (χ1n) is 7.35. The zero-order valence-electron chi connectivity index (χ0n) is 12.2. The number of rotatable bonds is 4. The molecule has 0 aliphatic carbocycles. The van der Waals surface area contributed by atoms with E-state index in [-0.39, 0.29) is 0 Å². The van der Waals surface area contributed by atoms with Crippen LogP contribution in [0.4, 0.5) is 10.8 Å². The number of nitrogens with one attached hydrogen (secondary N) is 1. The quantitative estimate of drug-likeness (QED) is 0.857. The Labute approximate surface area is 134 Å². The summed E-state index contributed by atoms with van der Waals surface area (Å²) in [5, 5.41) is 8.82. The highest BCUT2D eigenvalue weighted by Crippen LogP contribution is 2.21. The van der Waals surface area contributed by atoms with Gasteiger partial charge in [-0.05, 0) is 62.8 Å². The van der Waals surface area contributed by atoms with Crippen molar-refractivity contribution in [3.05, 3.63) is 33.8 Å². The van der Waals surface area contributed by atoms with Crippen LogP contribution >= 0.6 is 23.6 Å². The second-order valence-corrected chi connectivity index (χ2v) is 7.11. The van der Waals surface area contributed by atoms with Crippen LogP contribution in [0.3, 0.4) is 0 Å². The van der Waals surface area contributed by atoms with Crippen molar-refractivity contribution in [3.63, 3.8) is 0 Å². The Morgan fingerprint density at radius 3 is 2.86 bits per heavy atom. The summed E-state index contributed by atoms with van der Waals surface area (Å²) in [5.74, 6) is 0. The van der Waals surface area contributed by atoms with E-state index in [1.54, 1.807) is 0 Å². The molecule has 0 saturated carbocycles. The Hall–Kier alpha value is -1.24. The van der Waals surface area contributed by atoms with Crippen LogP contribution in [0.2, 0.25) is 0 Å². The predicted molar refractivity (Wildman–Crippen MR) is 90.8 cm³/mol. The maximum absolute atomic E-state index is 5.44. The number of piperidine rings is 1. The van der Waals surface area contributed by atoms with E-state index in [4.69, 9.17) is 12.2 Å². The molecule has 0 spiro atoms. The summed E-state index contributed by atoms with van der Waals surface area (Å²) in [5.41, 5.74) is 2.29. The van der Waals surface area contributed by atoms with Gasteiger partial charge in [-0.3, -0.25) is 4.90 Å². The number of anilines is 2. The third-order valence-electron chi connectivity index (χ3n) is 3.66. The van der Waals surface area contributed by atoms with Gasteiger partial charge in [-0.1, -0.05) is 29.9 Å². The van der Waals surface area contributed by atoms with E-state index < -0.39 is 0 Å². The van der Waals surface area contributed by atoms with Gasteiger partial charge < -0.3 is 5.32 Å². The summed E-state index contributed by atoms with van der Waals surface area (Å²) < 4.78 is 2.76. The van der Waals surface area contributed by atoms with Gasteiger partial charge in [0.2, 0.25) is 5.13 Å². The standard InChI is InChI=1S/C15H20N4S2/c1-12-6-5-7-13(10-12)16-14-17-19(15(20)21-14)11-18-8-3-2-4-9-18/h5-7,10H,2-4,8-9,11H2,1H3,(H,16,17). The fraction of sp³-hybridized carbons (Fsp3) is 0.467. The van der Waals surface area contributed by atoms with Gasteiger partial charge >= 0.3 is 0 Å². The van der Waals surface area contributed by atoms with Crippen molar-refractivity contribution in [2.45, 2.75) is 32.9 Å². The fourth-order valence-corrected chi connectivity index (χ4v) is 3.60. The van der Waals surface area contributed by atoms with Crippen LogP contribution in [-0.4, -0.2) is 27.8 Å². The lowest BCUT2D eigenvalue weighted by Gasteiger charge is -2.25. The van der Waals surface area contributed by atoms with Crippen molar-refractivity contribution in [1.82, 2.24) is 14.7 Å². The number of likely N-dealkylation sites (tertiary alicyclic amines) is 1. The summed E-state index contributed by atoms with van der Waals surface area (Å²) >= 11 is 6.97. The van der Waals surface area contributed by atoms with E-state index in [1.165, 1.54) is 36.2 Å². The number of aryl methyl sites for hydroxylation is 1. The van der Waals surface area contributed by atoms with Gasteiger partial charge in [0, 0.05) is 5.69 Å². The van der Waals surface area contributed by atoms with Crippen LogP contribution in [-0.2, 0) is 6.67 Å². The molecule has 2 heterocycles. The average Bonchev–Trinajstić information content (AvgIpc) is 2.80. The molecule has 6 heteroatoms. The molecule has 2 aromatic rings. The van der Waals surface area contributed by atoms with E-state index in [1.807, 2.05) is 16.8 Å². The average molecular weight is 320 g/mol. The number of aromatic nitrogens is 2. The van der Waals surface area contributed by atoms with Gasteiger partial charge in [0.15, 0.2) is 3.95 Å². The second-order valence-electron chi connectivity index (χ2n) is 5.49. The third kappa shape index (κ3) is 3.90. The highest BCUT2D eigenvalue weighted by atomic mass is 32.1. The molecule has 0 bridgehead atoms. The molecule has 1 aliphatic rings. The number of hydrogen-bond donors (Lipinski definition) is 1. The molecule has 0 atom stereocenters. The molecular formula is C15H20N4S2. The van der Waals surface area contributed by atoms with E-state index >= 15 is 0 Å². The Morgan fingerprint density at radius 2 is 2.10 bits per heavy atom. The van der Waals surface area contributed by atoms with Crippen LogP contribution in [0.1, 0.15) is 24.8 Å². The number of benzene rings is 1. The summed E-state index contributed by atoms with van der Waals surface area (Å²) in [6.45, 7) is 5.20. The molecule has 1 aromatic heterocycles. The number of nitrogens with zero attached hydrogens (tertiary/aromatic N) is 3. The van der Waals surface area contributed by atoms with Crippen molar-refractivity contribution in [2.24, 2.45) is 0 Å². The molecule has 0 unspecified atom stereocenters. The van der Waals surface area contributed by atoms with Gasteiger partial charge in [-0.2, -0.15) is 0 Å². The van der Waals surface area contributed by atoms with Gasteiger partial charge in [0.05, 0.1) is 6.67 Å². The van der Waals surface area contributed by atoms with Crippen LogP contribution < -0.4 is 5.32 Å². The Morgan fingerprint density at radius 1 is 1.29 bits per heavy atom. The van der Waals surface area contributed by atoms with E-state index in [0.29, 0.717) is 0 Å². The van der Waals surface area contributed by atoms with Crippen LogP contribution in [0, 0.1) is 10.9 Å². The van der Waals surface area contributed by atoms with Crippen LogP contribution in [0.15, 0.2) is 24.3 Å². The summed E-state index contributed by atoms with van der Waals surface area (Å²) in [7, 11) is 0. The van der Waals surface area contributed by atoms with E-state index in [9.17, 15) is 0 Å². The van der Waals surface area contributed by atoms with Crippen molar-refractivity contribution < 1.29 is 0 Å². The second kappa shape index (κ2) is 6.68. The molecule has 21 heavy (non-hydrogen) atoms. The predicted octanol–water partition coefficient (Wildman–Crippen LogP) is 4.17. The first kappa shape index (κ1) is 14.7. The SMILES string of the molecule is Cc1cccc(Nc2nn(CN3CCCCC3)c(=S)s2)c1. The zero-order valence-corrected chi connectivity index (χ0v) is 13.8. The monoisotopic (exact) mass is 320 g/mol. The molecule has 1 N–H and O–H groups in total. The lowest BCUT2D eigenvalue weighted by atomic mass is 10.1. The fourth-order valence-electron chi connectivity index (χ4n) is 2.58. The largest absolute Gasteiger partial charge is 0.330 e. The van der Waals surface area contributed by atoms with Crippen molar-refractivity contribution >= 4 is 34.4 Å². The lowest BCUT2D eigenvalue weighted by Crippen LogP contribution is -2.32. The number of hydrogen-bond acceptors (Lipinski definition) is 5. The third-order valence-corrected chi connectivity index (χ3v) is 4.88. The molecule has 0 amide bonds. The Kier molecular flexibility index (Phi) is 4.67. The van der Waals surface area contributed by atoms with Gasteiger partial charge in [-0.15, -0.1) is 5.10 Å².